The molecule has 0 aromatic heterocycles. The molecule has 0 aliphatic heterocycles. The number of hydrogen-bond acceptors (Lipinski definition) is 10. The van der Waals surface area contributed by atoms with Crippen LogP contribution in [0.4, 0.5) is 18.0 Å². The number of aliphatic imine (C=N–C) groups is 1. The number of carbonyl (C=O) groups is 5. The maximum absolute atomic E-state index is 13.9. The average Bonchev–Trinajstić information content (AvgIpc) is 3.11. The van der Waals surface area contributed by atoms with Crippen molar-refractivity contribution >= 4 is 45.8 Å². The van der Waals surface area contributed by atoms with Crippen LogP contribution in [0.25, 0.3) is 0 Å². The van der Waals surface area contributed by atoms with Gasteiger partial charge in [0.25, 0.3) is 10.0 Å². The summed E-state index contributed by atoms with van der Waals surface area (Å²) in [7, 11) is -2.76. The standard InChI is InChI=1S/C36H50F3N7O9S/c1-24-16-18-26(19-17-24)56(52,53)45-33(40)42-21-11-15-28(30(48)43-22-29(47)54-23-25-12-7-6-8-13-25)46(5)31(49)27(44-34(51)55-35(2,3)4)14-9-10-20-41-32(50)36(37,38)39/h6-8,12-13,16-19,27-28H,9-11,14-15,20-23H2,1-5H3,(H,41,50)(H,43,48)(H,44,51)(H3,40,42,45)/t27-,28+/m1/s1. The number of nitrogens with zero attached hydrogens (tertiary/aromatic N) is 2. The molecule has 0 fully saturated rings. The van der Waals surface area contributed by atoms with E-state index in [4.69, 9.17) is 15.2 Å². The second kappa shape index (κ2) is 21.6. The van der Waals surface area contributed by atoms with E-state index in [1.54, 1.807) is 75.5 Å². The first-order valence-corrected chi connectivity index (χ1v) is 19.0. The number of nitrogens with two attached hydrogens (primary N) is 1. The number of amides is 4. The molecule has 0 aliphatic carbocycles. The van der Waals surface area contributed by atoms with Crippen LogP contribution in [0.3, 0.4) is 0 Å². The van der Waals surface area contributed by atoms with Crippen molar-refractivity contribution in [2.75, 3.05) is 26.7 Å². The number of benzene rings is 2. The van der Waals surface area contributed by atoms with Gasteiger partial charge < -0.3 is 36.1 Å². The summed E-state index contributed by atoms with van der Waals surface area (Å²) in [6.07, 6.45) is -6.11. The molecule has 56 heavy (non-hydrogen) atoms. The first-order valence-electron chi connectivity index (χ1n) is 17.6. The Morgan fingerprint density at radius 1 is 0.911 bits per heavy atom. The maximum Gasteiger partial charge on any atom is 0.471 e. The molecular weight excluding hydrogens is 763 g/mol. The molecule has 0 saturated heterocycles. The van der Waals surface area contributed by atoms with Gasteiger partial charge in [-0.25, -0.2) is 17.9 Å². The number of aryl methyl sites for hydroxylation is 1. The Labute approximate surface area is 324 Å². The van der Waals surface area contributed by atoms with Gasteiger partial charge in [0.15, 0.2) is 0 Å². The smallest absolute Gasteiger partial charge is 0.460 e. The molecule has 2 atom stereocenters. The molecule has 310 valence electrons. The second-order valence-corrected chi connectivity index (χ2v) is 15.3. The predicted octanol–water partition coefficient (Wildman–Crippen LogP) is 2.80. The summed E-state index contributed by atoms with van der Waals surface area (Å²) in [5.74, 6) is -4.87. The fraction of sp³-hybridized carbons (Fsp3) is 0.500. The van der Waals surface area contributed by atoms with E-state index < -0.39 is 76.2 Å². The van der Waals surface area contributed by atoms with Crippen LogP contribution >= 0.6 is 0 Å². The third-order valence-corrected chi connectivity index (χ3v) is 9.08. The lowest BCUT2D eigenvalue weighted by atomic mass is 10.0. The monoisotopic (exact) mass is 813 g/mol. The van der Waals surface area contributed by atoms with E-state index >= 15 is 0 Å². The molecule has 2 aromatic rings. The number of hydrogen-bond donors (Lipinski definition) is 5. The van der Waals surface area contributed by atoms with E-state index in [2.05, 4.69) is 20.3 Å². The van der Waals surface area contributed by atoms with E-state index in [0.717, 1.165) is 10.5 Å². The van der Waals surface area contributed by atoms with Crippen LogP contribution in [0.1, 0.15) is 64.0 Å². The Kier molecular flexibility index (Phi) is 18.1. The van der Waals surface area contributed by atoms with E-state index in [9.17, 15) is 45.6 Å². The quantitative estimate of drug-likeness (QED) is 0.0603. The number of nitrogens with one attached hydrogen (secondary N) is 4. The number of halogens is 3. The second-order valence-electron chi connectivity index (χ2n) is 13.6. The summed E-state index contributed by atoms with van der Waals surface area (Å²) in [6, 6.07) is 12.2. The summed E-state index contributed by atoms with van der Waals surface area (Å²) in [6.45, 7) is 5.49. The zero-order valence-corrected chi connectivity index (χ0v) is 32.7. The van der Waals surface area contributed by atoms with Crippen LogP contribution in [0.2, 0.25) is 0 Å². The fourth-order valence-corrected chi connectivity index (χ4v) is 5.83. The van der Waals surface area contributed by atoms with E-state index in [1.807, 2.05) is 0 Å². The summed E-state index contributed by atoms with van der Waals surface area (Å²) < 4.78 is 75.8. The number of esters is 1. The zero-order valence-electron chi connectivity index (χ0n) is 31.9. The lowest BCUT2D eigenvalue weighted by Gasteiger charge is -2.31. The molecule has 16 nitrogen and oxygen atoms in total. The van der Waals surface area contributed by atoms with Crippen molar-refractivity contribution < 1.29 is 55.0 Å². The molecule has 2 rings (SSSR count). The Morgan fingerprint density at radius 3 is 2.16 bits per heavy atom. The largest absolute Gasteiger partial charge is 0.471 e. The molecule has 6 N–H and O–H groups in total. The number of carbonyl (C=O) groups excluding carboxylic acids is 5. The van der Waals surface area contributed by atoms with Crippen LogP contribution in [0, 0.1) is 6.92 Å². The molecule has 0 heterocycles. The van der Waals surface area contributed by atoms with Crippen molar-refractivity contribution in [1.82, 2.24) is 25.6 Å². The summed E-state index contributed by atoms with van der Waals surface area (Å²) >= 11 is 0. The minimum atomic E-state index is -5.07. The Bertz CT molecular complexity index is 1770. The highest BCUT2D eigenvalue weighted by Gasteiger charge is 2.38. The molecule has 0 aliphatic rings. The molecule has 4 amide bonds. The third-order valence-electron chi connectivity index (χ3n) is 7.71. The first kappa shape index (κ1) is 46.8. The Hall–Kier alpha value is -5.40. The van der Waals surface area contributed by atoms with E-state index in [-0.39, 0.29) is 56.7 Å². The lowest BCUT2D eigenvalue weighted by Crippen LogP contribution is -2.55. The molecule has 0 unspecified atom stereocenters. The molecule has 2 aromatic carbocycles. The van der Waals surface area contributed by atoms with Crippen molar-refractivity contribution in [3.63, 3.8) is 0 Å². The van der Waals surface area contributed by atoms with Crippen molar-refractivity contribution in [3.05, 3.63) is 65.7 Å². The van der Waals surface area contributed by atoms with Crippen LogP contribution in [0.15, 0.2) is 64.5 Å². The van der Waals surface area contributed by atoms with Crippen molar-refractivity contribution in [2.24, 2.45) is 10.7 Å². The van der Waals surface area contributed by atoms with Gasteiger partial charge in [-0.3, -0.25) is 24.2 Å². The molecule has 0 radical (unpaired) electrons. The van der Waals surface area contributed by atoms with Gasteiger partial charge in [-0.1, -0.05) is 48.0 Å². The van der Waals surface area contributed by atoms with Gasteiger partial charge in [0, 0.05) is 20.1 Å². The molecule has 20 heteroatoms. The SMILES string of the molecule is Cc1ccc(S(=O)(=O)NC(N)=NCCC[C@@H](C(=O)NCC(=O)OCc2ccccc2)N(C)C(=O)[C@@H](CCCCNC(=O)C(F)(F)F)NC(=O)OC(C)(C)C)cc1. The number of alkyl carbamates (subject to hydrolysis) is 1. The number of rotatable bonds is 19. The summed E-state index contributed by atoms with van der Waals surface area (Å²) in [5, 5.41) is 6.63. The third kappa shape index (κ3) is 17.4. The summed E-state index contributed by atoms with van der Waals surface area (Å²) in [5.41, 5.74) is 6.43. The highest BCUT2D eigenvalue weighted by molar-refractivity contribution is 7.90. The number of sulfonamides is 1. The van der Waals surface area contributed by atoms with Crippen LogP contribution in [-0.2, 0) is 45.3 Å². The van der Waals surface area contributed by atoms with Crippen LogP contribution in [-0.4, -0.2) is 99.6 Å². The maximum atomic E-state index is 13.9. The highest BCUT2D eigenvalue weighted by atomic mass is 32.2. The lowest BCUT2D eigenvalue weighted by molar-refractivity contribution is -0.173. The molecule has 0 saturated carbocycles. The Morgan fingerprint density at radius 2 is 1.55 bits per heavy atom. The van der Waals surface area contributed by atoms with Gasteiger partial charge in [0.05, 0.1) is 4.90 Å². The number of ether oxygens (including phenoxy) is 2. The molecule has 0 spiro atoms. The van der Waals surface area contributed by atoms with Gasteiger partial charge >= 0.3 is 24.1 Å². The van der Waals surface area contributed by atoms with E-state index in [1.165, 1.54) is 19.2 Å². The van der Waals surface area contributed by atoms with Gasteiger partial charge in [-0.15, -0.1) is 0 Å². The fourth-order valence-electron chi connectivity index (χ4n) is 4.88. The van der Waals surface area contributed by atoms with Crippen LogP contribution < -0.4 is 26.4 Å². The molecule has 0 bridgehead atoms. The average molecular weight is 814 g/mol. The number of alkyl halides is 3. The van der Waals surface area contributed by atoms with Gasteiger partial charge in [0.2, 0.25) is 17.8 Å². The topological polar surface area (TPSA) is 228 Å². The normalized spacial score (nSPS) is 13.1. The predicted molar refractivity (Wildman–Crippen MR) is 199 cm³/mol. The van der Waals surface area contributed by atoms with Gasteiger partial charge in [-0.05, 0) is 77.5 Å². The van der Waals surface area contributed by atoms with Crippen LogP contribution in [0.5, 0.6) is 0 Å². The number of likely N-dealkylation sites (N-methyl/N-ethyl adjacent to an activating group) is 1. The summed E-state index contributed by atoms with van der Waals surface area (Å²) in [4.78, 5) is 68.8. The van der Waals surface area contributed by atoms with Gasteiger partial charge in [-0.2, -0.15) is 13.2 Å². The van der Waals surface area contributed by atoms with Crippen molar-refractivity contribution in [2.45, 2.75) is 95.2 Å². The highest BCUT2D eigenvalue weighted by Crippen LogP contribution is 2.16. The molecular formula is C36H50F3N7O9S. The minimum absolute atomic E-state index is 0.00736. The van der Waals surface area contributed by atoms with Crippen molar-refractivity contribution in [3.8, 4) is 0 Å². The Balaban J connectivity index is 2.21. The van der Waals surface area contributed by atoms with E-state index in [0.29, 0.717) is 5.56 Å². The van der Waals surface area contributed by atoms with Gasteiger partial charge in [0.1, 0.15) is 30.8 Å². The number of guanidine groups is 1. The minimum Gasteiger partial charge on any atom is -0.460 e. The zero-order chi connectivity index (χ0) is 42.1. The first-order chi connectivity index (χ1) is 26.1. The van der Waals surface area contributed by atoms with Crippen molar-refractivity contribution in [1.29, 1.82) is 0 Å². The number of unbranched alkanes of at least 4 members (excludes halogenated alkanes) is 1.